The van der Waals surface area contributed by atoms with Crippen LogP contribution in [0, 0.1) is 6.92 Å². The molecule has 176 valence electrons. The van der Waals surface area contributed by atoms with Crippen molar-refractivity contribution in [2.75, 3.05) is 6.54 Å². The van der Waals surface area contributed by atoms with Crippen molar-refractivity contribution in [2.45, 2.75) is 37.3 Å². The first-order valence-electron chi connectivity index (χ1n) is 10.9. The van der Waals surface area contributed by atoms with Crippen molar-refractivity contribution in [1.29, 1.82) is 0 Å². The Bertz CT molecular complexity index is 1570. The maximum absolute atomic E-state index is 13.1. The normalized spacial score (nSPS) is 16.9. The molecular weight excluding hydrogens is 458 g/mol. The minimum atomic E-state index is -3.83. The van der Waals surface area contributed by atoms with E-state index in [9.17, 15) is 18.0 Å². The topological polar surface area (TPSA) is 116 Å². The molecule has 34 heavy (non-hydrogen) atoms. The molecule has 1 unspecified atom stereocenters. The van der Waals surface area contributed by atoms with Gasteiger partial charge in [0.1, 0.15) is 6.04 Å². The average Bonchev–Trinajstić information content (AvgIpc) is 3.49. The highest BCUT2D eigenvalue weighted by atomic mass is 32.2. The van der Waals surface area contributed by atoms with E-state index in [1.54, 1.807) is 60.0 Å². The van der Waals surface area contributed by atoms with Crippen molar-refractivity contribution in [1.82, 2.24) is 23.5 Å². The van der Waals surface area contributed by atoms with Gasteiger partial charge in [0.15, 0.2) is 12.4 Å². The highest BCUT2D eigenvalue weighted by molar-refractivity contribution is 7.89. The summed E-state index contributed by atoms with van der Waals surface area (Å²) in [7, 11) is -2.24. The largest absolute Gasteiger partial charge is 0.456 e. The van der Waals surface area contributed by atoms with Gasteiger partial charge in [-0.05, 0) is 44.0 Å². The summed E-state index contributed by atoms with van der Waals surface area (Å²) >= 11 is 0. The Kier molecular flexibility index (Phi) is 5.45. The maximum Gasteiger partial charge on any atom is 0.324 e. The second kappa shape index (κ2) is 8.33. The quantitative estimate of drug-likeness (QED) is 0.399. The lowest BCUT2D eigenvalue weighted by Crippen LogP contribution is -2.41. The predicted octanol–water partition coefficient (Wildman–Crippen LogP) is 1.79. The molecule has 1 aliphatic rings. The van der Waals surface area contributed by atoms with Crippen molar-refractivity contribution in [3.8, 4) is 0 Å². The van der Waals surface area contributed by atoms with Gasteiger partial charge in [0.05, 0.1) is 15.8 Å². The number of hydrogen-bond acceptors (Lipinski definition) is 7. The zero-order chi connectivity index (χ0) is 24.0. The fraction of sp³-hybridized carbons (Fsp3) is 0.304. The molecule has 0 bridgehead atoms. The molecule has 4 aromatic rings. The fourth-order valence-corrected chi connectivity index (χ4v) is 5.97. The summed E-state index contributed by atoms with van der Waals surface area (Å²) < 4.78 is 36.1. The number of aromatic nitrogens is 4. The van der Waals surface area contributed by atoms with Gasteiger partial charge < -0.3 is 4.74 Å². The molecule has 1 saturated heterocycles. The molecule has 0 amide bonds. The third-order valence-corrected chi connectivity index (χ3v) is 8.06. The van der Waals surface area contributed by atoms with Crippen LogP contribution in [0.4, 0.5) is 0 Å². The van der Waals surface area contributed by atoms with Gasteiger partial charge in [-0.25, -0.2) is 8.42 Å². The van der Waals surface area contributed by atoms with Crippen LogP contribution < -0.4 is 5.56 Å². The number of aryl methyl sites for hydroxylation is 2. The van der Waals surface area contributed by atoms with Crippen molar-refractivity contribution in [2.24, 2.45) is 7.05 Å². The number of carbonyl (C=O) groups is 1. The van der Waals surface area contributed by atoms with Gasteiger partial charge in [-0.1, -0.05) is 29.8 Å². The smallest absolute Gasteiger partial charge is 0.324 e. The number of benzene rings is 2. The third-order valence-electron chi connectivity index (χ3n) is 6.14. The summed E-state index contributed by atoms with van der Waals surface area (Å²) in [6.07, 6.45) is 0.938. The zero-order valence-electron chi connectivity index (χ0n) is 18.7. The number of esters is 1. The SMILES string of the molecule is Cc1ccc(S(=O)(=O)N2CCCC2C(=O)OCc2nnc3n(C)c(=O)c4ccccc4n23)cc1. The lowest BCUT2D eigenvalue weighted by molar-refractivity contribution is -0.149. The Morgan fingerprint density at radius 1 is 1.12 bits per heavy atom. The first-order valence-corrected chi connectivity index (χ1v) is 12.3. The van der Waals surface area contributed by atoms with Crippen LogP contribution in [0.15, 0.2) is 58.2 Å². The molecule has 0 saturated carbocycles. The van der Waals surface area contributed by atoms with E-state index in [0.717, 1.165) is 5.56 Å². The fourth-order valence-electron chi connectivity index (χ4n) is 4.33. The minimum Gasteiger partial charge on any atom is -0.456 e. The number of hydrogen-bond donors (Lipinski definition) is 0. The summed E-state index contributed by atoms with van der Waals surface area (Å²) in [5, 5.41) is 8.68. The standard InChI is InChI=1S/C23H23N5O5S/c1-15-9-11-16(12-10-15)34(31,32)27-13-5-8-19(27)22(30)33-14-20-24-25-23-26(2)21(29)17-6-3-4-7-18(17)28(20)23/h3-4,6-7,9-12,19H,5,8,13-14H2,1-2H3. The number of para-hydroxylation sites is 1. The van der Waals surface area contributed by atoms with Crippen molar-refractivity contribution < 1.29 is 17.9 Å². The van der Waals surface area contributed by atoms with Gasteiger partial charge in [-0.2, -0.15) is 4.31 Å². The molecular formula is C23H23N5O5S. The number of fused-ring (bicyclic) bond motifs is 3. The molecule has 1 fully saturated rings. The van der Waals surface area contributed by atoms with Crippen LogP contribution in [0.3, 0.4) is 0 Å². The van der Waals surface area contributed by atoms with Crippen LogP contribution in [-0.2, 0) is 33.2 Å². The van der Waals surface area contributed by atoms with Gasteiger partial charge in [-0.3, -0.25) is 18.6 Å². The molecule has 2 aromatic carbocycles. The third kappa shape index (κ3) is 3.57. The number of nitrogens with zero attached hydrogens (tertiary/aromatic N) is 5. The summed E-state index contributed by atoms with van der Waals surface area (Å²) in [5.41, 5.74) is 1.34. The van der Waals surface area contributed by atoms with E-state index in [-0.39, 0.29) is 23.6 Å². The van der Waals surface area contributed by atoms with E-state index in [2.05, 4.69) is 10.2 Å². The maximum atomic E-state index is 13.1. The van der Waals surface area contributed by atoms with Crippen LogP contribution >= 0.6 is 0 Å². The number of ether oxygens (including phenoxy) is 1. The Hall–Kier alpha value is -3.57. The summed E-state index contributed by atoms with van der Waals surface area (Å²) in [4.78, 5) is 25.7. The second-order valence-electron chi connectivity index (χ2n) is 8.33. The summed E-state index contributed by atoms with van der Waals surface area (Å²) in [5.74, 6) is 0.0133. The summed E-state index contributed by atoms with van der Waals surface area (Å²) in [6, 6.07) is 12.7. The van der Waals surface area contributed by atoms with Crippen LogP contribution in [0.2, 0.25) is 0 Å². The van der Waals surface area contributed by atoms with Crippen LogP contribution in [0.1, 0.15) is 24.2 Å². The van der Waals surface area contributed by atoms with Crippen LogP contribution in [0.25, 0.3) is 16.7 Å². The zero-order valence-corrected chi connectivity index (χ0v) is 19.5. The Balaban J connectivity index is 1.41. The second-order valence-corrected chi connectivity index (χ2v) is 10.2. The molecule has 1 atom stereocenters. The molecule has 1 aliphatic heterocycles. The van der Waals surface area contributed by atoms with E-state index in [4.69, 9.17) is 4.74 Å². The molecule has 0 spiro atoms. The van der Waals surface area contributed by atoms with Gasteiger partial charge in [0.2, 0.25) is 15.8 Å². The molecule has 0 radical (unpaired) electrons. The van der Waals surface area contributed by atoms with Crippen LogP contribution in [0.5, 0.6) is 0 Å². The highest BCUT2D eigenvalue weighted by Crippen LogP contribution is 2.27. The lowest BCUT2D eigenvalue weighted by atomic mass is 10.2. The number of rotatable bonds is 5. The van der Waals surface area contributed by atoms with E-state index in [1.807, 2.05) is 6.92 Å². The van der Waals surface area contributed by atoms with Crippen molar-refractivity contribution in [3.05, 3.63) is 70.3 Å². The predicted molar refractivity (Wildman–Crippen MR) is 124 cm³/mol. The first-order chi connectivity index (χ1) is 16.3. The molecule has 5 rings (SSSR count). The van der Waals surface area contributed by atoms with E-state index >= 15 is 0 Å². The Morgan fingerprint density at radius 2 is 1.85 bits per heavy atom. The lowest BCUT2D eigenvalue weighted by Gasteiger charge is -2.22. The Labute approximate surface area is 195 Å². The average molecular weight is 482 g/mol. The monoisotopic (exact) mass is 481 g/mol. The first kappa shape index (κ1) is 22.2. The minimum absolute atomic E-state index is 0.147. The molecule has 0 aliphatic carbocycles. The van der Waals surface area contributed by atoms with Gasteiger partial charge >= 0.3 is 5.97 Å². The van der Waals surface area contributed by atoms with Crippen molar-refractivity contribution >= 4 is 32.7 Å². The van der Waals surface area contributed by atoms with Crippen LogP contribution in [-0.4, -0.2) is 50.4 Å². The van der Waals surface area contributed by atoms with E-state index in [0.29, 0.717) is 35.3 Å². The summed E-state index contributed by atoms with van der Waals surface area (Å²) in [6.45, 7) is 1.91. The Morgan fingerprint density at radius 3 is 2.62 bits per heavy atom. The molecule has 11 heteroatoms. The van der Waals surface area contributed by atoms with Gasteiger partial charge in [0, 0.05) is 13.6 Å². The van der Waals surface area contributed by atoms with E-state index < -0.39 is 22.0 Å². The van der Waals surface area contributed by atoms with Crippen molar-refractivity contribution in [3.63, 3.8) is 0 Å². The van der Waals surface area contributed by atoms with E-state index in [1.165, 1.54) is 8.87 Å². The number of sulfonamides is 1. The molecule has 3 heterocycles. The molecule has 10 nitrogen and oxygen atoms in total. The molecule has 2 aromatic heterocycles. The van der Waals surface area contributed by atoms with Gasteiger partial charge in [-0.15, -0.1) is 10.2 Å². The highest BCUT2D eigenvalue weighted by Gasteiger charge is 2.40. The molecule has 0 N–H and O–H groups in total. The van der Waals surface area contributed by atoms with Gasteiger partial charge in [0.25, 0.3) is 5.56 Å². The number of carbonyl (C=O) groups excluding carboxylic acids is 1.